The van der Waals surface area contributed by atoms with Crippen LogP contribution in [0.25, 0.3) is 10.9 Å². The number of aromatic amines is 1. The zero-order valence-corrected chi connectivity index (χ0v) is 17.2. The van der Waals surface area contributed by atoms with Gasteiger partial charge in [0.2, 0.25) is 12.7 Å². The summed E-state index contributed by atoms with van der Waals surface area (Å²) in [5.74, 6) is 1.57. The lowest BCUT2D eigenvalue weighted by Gasteiger charge is -2.24. The van der Waals surface area contributed by atoms with Crippen LogP contribution in [0.5, 0.6) is 11.5 Å². The molecule has 1 atom stereocenters. The summed E-state index contributed by atoms with van der Waals surface area (Å²) in [6.45, 7) is 0.257. The van der Waals surface area contributed by atoms with Gasteiger partial charge in [0.1, 0.15) is 0 Å². The predicted molar refractivity (Wildman–Crippen MR) is 113 cm³/mol. The monoisotopic (exact) mass is 430 g/mol. The number of H-pyrrole nitrogens is 1. The SMILES string of the molecule is O=C(CCc1ccc2c(c1)OCO2)N[C@H]1CCc2[nH]c3cc(Cl)cc(Cl)c3c2C1. The molecule has 3 aromatic rings. The molecule has 29 heavy (non-hydrogen) atoms. The van der Waals surface area contributed by atoms with Crippen molar-refractivity contribution in [3.63, 3.8) is 0 Å². The number of carbonyl (C=O) groups is 1. The Morgan fingerprint density at radius 1 is 1.17 bits per heavy atom. The van der Waals surface area contributed by atoms with Crippen molar-refractivity contribution in [2.24, 2.45) is 0 Å². The number of ether oxygens (including phenoxy) is 2. The molecule has 0 saturated heterocycles. The van der Waals surface area contributed by atoms with Gasteiger partial charge >= 0.3 is 0 Å². The number of fused-ring (bicyclic) bond motifs is 4. The molecule has 7 heteroatoms. The van der Waals surface area contributed by atoms with Crippen molar-refractivity contribution in [1.82, 2.24) is 10.3 Å². The fraction of sp³-hybridized carbons (Fsp3) is 0.318. The van der Waals surface area contributed by atoms with Crippen molar-refractivity contribution >= 4 is 40.0 Å². The third-order valence-electron chi connectivity index (χ3n) is 5.64. The van der Waals surface area contributed by atoms with Gasteiger partial charge in [-0.3, -0.25) is 4.79 Å². The van der Waals surface area contributed by atoms with E-state index in [1.807, 2.05) is 24.3 Å². The van der Waals surface area contributed by atoms with E-state index in [0.717, 1.165) is 47.2 Å². The molecule has 0 spiro atoms. The normalized spacial score (nSPS) is 17.4. The number of hydrogen-bond donors (Lipinski definition) is 2. The fourth-order valence-corrected chi connectivity index (χ4v) is 4.86. The van der Waals surface area contributed by atoms with Gasteiger partial charge in [-0.15, -0.1) is 0 Å². The summed E-state index contributed by atoms with van der Waals surface area (Å²) < 4.78 is 10.7. The molecule has 0 fully saturated rings. The minimum atomic E-state index is 0.0603. The topological polar surface area (TPSA) is 63.4 Å². The van der Waals surface area contributed by atoms with E-state index < -0.39 is 0 Å². The Hall–Kier alpha value is -2.37. The maximum atomic E-state index is 12.5. The van der Waals surface area contributed by atoms with Gasteiger partial charge in [-0.25, -0.2) is 0 Å². The van der Waals surface area contributed by atoms with Crippen LogP contribution in [0, 0.1) is 0 Å². The van der Waals surface area contributed by atoms with Crippen LogP contribution in [0.4, 0.5) is 0 Å². The van der Waals surface area contributed by atoms with Crippen LogP contribution in [0.15, 0.2) is 30.3 Å². The van der Waals surface area contributed by atoms with Gasteiger partial charge in [-0.2, -0.15) is 0 Å². The van der Waals surface area contributed by atoms with E-state index in [-0.39, 0.29) is 18.7 Å². The van der Waals surface area contributed by atoms with Crippen LogP contribution in [-0.4, -0.2) is 23.7 Å². The summed E-state index contributed by atoms with van der Waals surface area (Å²) in [4.78, 5) is 16.0. The number of amides is 1. The van der Waals surface area contributed by atoms with E-state index in [2.05, 4.69) is 10.3 Å². The second kappa shape index (κ2) is 7.47. The zero-order chi connectivity index (χ0) is 20.0. The highest BCUT2D eigenvalue weighted by Gasteiger charge is 2.25. The lowest BCUT2D eigenvalue weighted by Crippen LogP contribution is -2.38. The van der Waals surface area contributed by atoms with Crippen LogP contribution >= 0.6 is 23.2 Å². The minimum absolute atomic E-state index is 0.0603. The smallest absolute Gasteiger partial charge is 0.231 e. The fourth-order valence-electron chi connectivity index (χ4n) is 4.25. The molecule has 1 aromatic heterocycles. The van der Waals surface area contributed by atoms with E-state index in [4.69, 9.17) is 32.7 Å². The summed E-state index contributed by atoms with van der Waals surface area (Å²) >= 11 is 12.6. The summed E-state index contributed by atoms with van der Waals surface area (Å²) in [5, 5.41) is 5.48. The molecule has 2 aromatic carbocycles. The maximum absolute atomic E-state index is 12.5. The molecule has 0 saturated carbocycles. The van der Waals surface area contributed by atoms with E-state index in [9.17, 15) is 4.79 Å². The highest BCUT2D eigenvalue weighted by Crippen LogP contribution is 2.36. The Labute approximate surface area is 178 Å². The molecule has 0 radical (unpaired) electrons. The second-order valence-electron chi connectivity index (χ2n) is 7.59. The highest BCUT2D eigenvalue weighted by atomic mass is 35.5. The molecule has 5 nitrogen and oxygen atoms in total. The molecule has 0 bridgehead atoms. The quantitative estimate of drug-likeness (QED) is 0.623. The first-order valence-corrected chi connectivity index (χ1v) is 10.5. The molecular formula is C22H20Cl2N2O3. The molecule has 2 heterocycles. The number of nitrogens with one attached hydrogen (secondary N) is 2. The Morgan fingerprint density at radius 2 is 2.03 bits per heavy atom. The number of aryl methyl sites for hydroxylation is 2. The molecule has 150 valence electrons. The van der Waals surface area contributed by atoms with E-state index in [1.165, 1.54) is 11.3 Å². The van der Waals surface area contributed by atoms with Gasteiger partial charge in [0.05, 0.1) is 5.02 Å². The van der Waals surface area contributed by atoms with Crippen molar-refractivity contribution in [2.75, 3.05) is 6.79 Å². The first-order chi connectivity index (χ1) is 14.1. The Kier molecular flexibility index (Phi) is 4.80. The average Bonchev–Trinajstić information content (AvgIpc) is 3.29. The molecule has 1 amide bonds. The van der Waals surface area contributed by atoms with Gasteiger partial charge in [-0.1, -0.05) is 29.3 Å². The molecule has 2 N–H and O–H groups in total. The zero-order valence-electron chi connectivity index (χ0n) is 15.7. The number of benzene rings is 2. The minimum Gasteiger partial charge on any atom is -0.454 e. The van der Waals surface area contributed by atoms with Crippen LogP contribution in [-0.2, 0) is 24.1 Å². The molecular weight excluding hydrogens is 411 g/mol. The summed E-state index contributed by atoms with van der Waals surface area (Å²) in [5.41, 5.74) is 4.40. The molecule has 1 aliphatic carbocycles. The predicted octanol–water partition coefficient (Wildman–Crippen LogP) is 4.81. The number of carbonyl (C=O) groups excluding carboxylic acids is 1. The number of aromatic nitrogens is 1. The van der Waals surface area contributed by atoms with Crippen LogP contribution in [0.3, 0.4) is 0 Å². The second-order valence-corrected chi connectivity index (χ2v) is 8.43. The van der Waals surface area contributed by atoms with Crippen molar-refractivity contribution < 1.29 is 14.3 Å². The largest absolute Gasteiger partial charge is 0.454 e. The van der Waals surface area contributed by atoms with Gasteiger partial charge in [0.25, 0.3) is 0 Å². The molecule has 1 aliphatic heterocycles. The van der Waals surface area contributed by atoms with E-state index >= 15 is 0 Å². The Balaban J connectivity index is 1.23. The van der Waals surface area contributed by atoms with Crippen molar-refractivity contribution in [1.29, 1.82) is 0 Å². The summed E-state index contributed by atoms with van der Waals surface area (Å²) in [6.07, 6.45) is 3.66. The summed E-state index contributed by atoms with van der Waals surface area (Å²) in [6, 6.07) is 9.60. The van der Waals surface area contributed by atoms with E-state index in [0.29, 0.717) is 22.9 Å². The lowest BCUT2D eigenvalue weighted by molar-refractivity contribution is -0.121. The van der Waals surface area contributed by atoms with Crippen LogP contribution in [0.2, 0.25) is 10.0 Å². The average molecular weight is 431 g/mol. The first kappa shape index (κ1) is 18.6. The number of rotatable bonds is 4. The van der Waals surface area contributed by atoms with Crippen molar-refractivity contribution in [3.8, 4) is 11.5 Å². The van der Waals surface area contributed by atoms with Gasteiger partial charge in [-0.05, 0) is 61.1 Å². The third-order valence-corrected chi connectivity index (χ3v) is 6.16. The molecule has 0 unspecified atom stereocenters. The van der Waals surface area contributed by atoms with Crippen LogP contribution in [0.1, 0.15) is 29.7 Å². The van der Waals surface area contributed by atoms with Gasteiger partial charge < -0.3 is 19.8 Å². The summed E-state index contributed by atoms with van der Waals surface area (Å²) in [7, 11) is 0. The van der Waals surface area contributed by atoms with Crippen molar-refractivity contribution in [3.05, 3.63) is 57.2 Å². The highest BCUT2D eigenvalue weighted by molar-refractivity contribution is 6.38. The standard InChI is InChI=1S/C22H20Cl2N2O3/c23-13-8-16(24)22-15-10-14(3-4-17(15)26-18(22)9-13)25-21(27)6-2-12-1-5-19-20(7-12)29-11-28-19/h1,5,7-9,14,26H,2-4,6,10-11H2,(H,25,27)/t14-/m0/s1. The van der Waals surface area contributed by atoms with Crippen LogP contribution < -0.4 is 14.8 Å². The Bertz CT molecular complexity index is 1110. The van der Waals surface area contributed by atoms with E-state index in [1.54, 1.807) is 6.07 Å². The molecule has 2 aliphatic rings. The lowest BCUT2D eigenvalue weighted by atomic mass is 9.91. The van der Waals surface area contributed by atoms with Crippen molar-refractivity contribution in [2.45, 2.75) is 38.1 Å². The first-order valence-electron chi connectivity index (χ1n) is 9.73. The number of halogens is 2. The molecule has 5 rings (SSSR count). The maximum Gasteiger partial charge on any atom is 0.231 e. The Morgan fingerprint density at radius 3 is 2.93 bits per heavy atom. The van der Waals surface area contributed by atoms with Gasteiger partial charge in [0, 0.05) is 34.1 Å². The number of hydrogen-bond acceptors (Lipinski definition) is 3. The third kappa shape index (κ3) is 3.65. The van der Waals surface area contributed by atoms with Gasteiger partial charge in [0.15, 0.2) is 11.5 Å².